The van der Waals surface area contributed by atoms with Crippen molar-refractivity contribution < 1.29 is 14.3 Å². The highest BCUT2D eigenvalue weighted by Gasteiger charge is 2.20. The van der Waals surface area contributed by atoms with E-state index in [0.29, 0.717) is 19.4 Å². The predicted molar refractivity (Wildman–Crippen MR) is 61.8 cm³/mol. The molecule has 0 saturated carbocycles. The Labute approximate surface area is 96.7 Å². The molecule has 0 saturated heterocycles. The summed E-state index contributed by atoms with van der Waals surface area (Å²) in [5, 5.41) is 2.67. The Morgan fingerprint density at radius 3 is 2.56 bits per heavy atom. The molecule has 0 unspecified atom stereocenters. The third-order valence-corrected chi connectivity index (χ3v) is 2.24. The highest BCUT2D eigenvalue weighted by molar-refractivity contribution is 5.84. The van der Waals surface area contributed by atoms with Gasteiger partial charge in [-0.15, -0.1) is 0 Å². The van der Waals surface area contributed by atoms with Crippen LogP contribution in [0.5, 0.6) is 0 Å². The minimum absolute atomic E-state index is 0.106. The minimum Gasteiger partial charge on any atom is -0.467 e. The number of unbranched alkanes of at least 4 members (excludes halogenated alkanes) is 1. The number of ether oxygens (including phenoxy) is 1. The van der Waals surface area contributed by atoms with Crippen molar-refractivity contribution in [2.45, 2.75) is 45.1 Å². The van der Waals surface area contributed by atoms with Crippen LogP contribution in [-0.4, -0.2) is 31.6 Å². The maximum atomic E-state index is 11.4. The van der Waals surface area contributed by atoms with Crippen molar-refractivity contribution in [2.75, 3.05) is 13.7 Å². The van der Waals surface area contributed by atoms with Crippen LogP contribution in [0.2, 0.25) is 0 Å². The molecular weight excluding hydrogens is 208 g/mol. The summed E-state index contributed by atoms with van der Waals surface area (Å²) in [6.45, 7) is 2.51. The van der Waals surface area contributed by atoms with E-state index in [1.54, 1.807) is 0 Å². The molecule has 0 spiro atoms. The van der Waals surface area contributed by atoms with E-state index in [1.165, 1.54) is 7.11 Å². The first-order chi connectivity index (χ1) is 7.65. The lowest BCUT2D eigenvalue weighted by atomic mass is 10.1. The van der Waals surface area contributed by atoms with Crippen LogP contribution in [0.15, 0.2) is 0 Å². The molecule has 1 amide bonds. The van der Waals surface area contributed by atoms with E-state index in [-0.39, 0.29) is 11.9 Å². The summed E-state index contributed by atoms with van der Waals surface area (Å²) < 4.78 is 4.64. The molecule has 16 heavy (non-hydrogen) atoms. The molecule has 0 aliphatic carbocycles. The maximum Gasteiger partial charge on any atom is 0.328 e. The van der Waals surface area contributed by atoms with Gasteiger partial charge in [-0.05, 0) is 32.2 Å². The number of esters is 1. The fraction of sp³-hybridized carbons (Fsp3) is 0.818. The number of carbonyl (C=O) groups excluding carboxylic acids is 2. The second kappa shape index (κ2) is 9.15. The molecule has 0 aliphatic rings. The highest BCUT2D eigenvalue weighted by Crippen LogP contribution is 2.03. The summed E-state index contributed by atoms with van der Waals surface area (Å²) in [5.74, 6) is -0.493. The van der Waals surface area contributed by atoms with Gasteiger partial charge in [0.15, 0.2) is 0 Å². The lowest BCUT2D eigenvalue weighted by molar-refractivity contribution is -0.145. The SMILES string of the molecule is CCCC(=O)N[C@@H](CCCCN)C(=O)OC. The Morgan fingerprint density at radius 2 is 2.06 bits per heavy atom. The minimum atomic E-state index is -0.532. The molecule has 3 N–H and O–H groups in total. The standard InChI is InChI=1S/C11H22N2O3/c1-3-6-10(14)13-9(11(15)16-2)7-4-5-8-12/h9H,3-8,12H2,1-2H3,(H,13,14)/t9-/m0/s1. The van der Waals surface area contributed by atoms with Crippen LogP contribution in [0.25, 0.3) is 0 Å². The number of nitrogens with two attached hydrogens (primary N) is 1. The van der Waals surface area contributed by atoms with Gasteiger partial charge in [-0.1, -0.05) is 6.92 Å². The van der Waals surface area contributed by atoms with Crippen molar-refractivity contribution in [1.82, 2.24) is 5.32 Å². The summed E-state index contributed by atoms with van der Waals surface area (Å²) in [6.07, 6.45) is 3.44. The number of carbonyl (C=O) groups is 2. The third-order valence-electron chi connectivity index (χ3n) is 2.24. The summed E-state index contributed by atoms with van der Waals surface area (Å²) >= 11 is 0. The van der Waals surface area contributed by atoms with E-state index < -0.39 is 6.04 Å². The second-order valence-corrected chi connectivity index (χ2v) is 3.68. The van der Waals surface area contributed by atoms with Gasteiger partial charge in [-0.3, -0.25) is 4.79 Å². The Balaban J connectivity index is 4.09. The topological polar surface area (TPSA) is 81.4 Å². The average Bonchev–Trinajstić information content (AvgIpc) is 2.27. The molecule has 5 heteroatoms. The number of hydrogen-bond donors (Lipinski definition) is 2. The molecule has 94 valence electrons. The zero-order valence-electron chi connectivity index (χ0n) is 10.1. The fourth-order valence-corrected chi connectivity index (χ4v) is 1.38. The van der Waals surface area contributed by atoms with Gasteiger partial charge in [0.25, 0.3) is 0 Å². The Bertz CT molecular complexity index is 219. The van der Waals surface area contributed by atoms with E-state index in [0.717, 1.165) is 19.3 Å². The largest absolute Gasteiger partial charge is 0.467 e. The zero-order valence-corrected chi connectivity index (χ0v) is 10.1. The van der Waals surface area contributed by atoms with Crippen molar-refractivity contribution in [3.8, 4) is 0 Å². The monoisotopic (exact) mass is 230 g/mol. The first-order valence-electron chi connectivity index (χ1n) is 5.73. The van der Waals surface area contributed by atoms with E-state index in [2.05, 4.69) is 10.1 Å². The van der Waals surface area contributed by atoms with Gasteiger partial charge in [-0.25, -0.2) is 4.79 Å². The van der Waals surface area contributed by atoms with Crippen molar-refractivity contribution in [3.05, 3.63) is 0 Å². The number of nitrogens with one attached hydrogen (secondary N) is 1. The number of amides is 1. The lowest BCUT2D eigenvalue weighted by Crippen LogP contribution is -2.41. The first kappa shape index (κ1) is 14.9. The Hall–Kier alpha value is -1.10. The molecule has 0 aromatic heterocycles. The van der Waals surface area contributed by atoms with Crippen LogP contribution in [0.3, 0.4) is 0 Å². The summed E-state index contributed by atoms with van der Waals surface area (Å²) in [7, 11) is 1.32. The molecule has 5 nitrogen and oxygen atoms in total. The molecule has 0 aromatic rings. The van der Waals surface area contributed by atoms with Gasteiger partial charge in [0, 0.05) is 6.42 Å². The van der Waals surface area contributed by atoms with Crippen molar-refractivity contribution in [1.29, 1.82) is 0 Å². The van der Waals surface area contributed by atoms with Crippen LogP contribution < -0.4 is 11.1 Å². The molecular formula is C11H22N2O3. The molecule has 1 atom stereocenters. The predicted octanol–water partition coefficient (Wildman–Crippen LogP) is 0.573. The van der Waals surface area contributed by atoms with Crippen LogP contribution in [0.1, 0.15) is 39.0 Å². The fourth-order valence-electron chi connectivity index (χ4n) is 1.38. The lowest BCUT2D eigenvalue weighted by Gasteiger charge is -2.15. The molecule has 0 radical (unpaired) electrons. The summed E-state index contributed by atoms with van der Waals surface area (Å²) in [5.41, 5.74) is 5.37. The van der Waals surface area contributed by atoms with Gasteiger partial charge in [0.1, 0.15) is 6.04 Å². The quantitative estimate of drug-likeness (QED) is 0.472. The van der Waals surface area contributed by atoms with Gasteiger partial charge in [0.05, 0.1) is 7.11 Å². The number of hydrogen-bond acceptors (Lipinski definition) is 4. The summed E-state index contributed by atoms with van der Waals surface area (Å²) in [6, 6.07) is -0.532. The van der Waals surface area contributed by atoms with Crippen LogP contribution >= 0.6 is 0 Å². The van der Waals surface area contributed by atoms with Crippen LogP contribution in [0.4, 0.5) is 0 Å². The Kier molecular flexibility index (Phi) is 8.52. The number of methoxy groups -OCH3 is 1. The van der Waals surface area contributed by atoms with Crippen LogP contribution in [-0.2, 0) is 14.3 Å². The molecule has 0 heterocycles. The molecule has 0 fully saturated rings. The highest BCUT2D eigenvalue weighted by atomic mass is 16.5. The van der Waals surface area contributed by atoms with E-state index in [9.17, 15) is 9.59 Å². The zero-order chi connectivity index (χ0) is 12.4. The average molecular weight is 230 g/mol. The normalized spacial score (nSPS) is 11.9. The molecule has 0 aliphatic heterocycles. The third kappa shape index (κ3) is 6.40. The molecule has 0 rings (SSSR count). The Morgan fingerprint density at radius 1 is 1.38 bits per heavy atom. The van der Waals surface area contributed by atoms with Crippen LogP contribution in [0, 0.1) is 0 Å². The van der Waals surface area contributed by atoms with E-state index in [4.69, 9.17) is 5.73 Å². The second-order valence-electron chi connectivity index (χ2n) is 3.68. The van der Waals surface area contributed by atoms with Gasteiger partial charge < -0.3 is 15.8 Å². The number of rotatable bonds is 8. The molecule has 0 aromatic carbocycles. The smallest absolute Gasteiger partial charge is 0.328 e. The van der Waals surface area contributed by atoms with Crippen molar-refractivity contribution in [2.24, 2.45) is 5.73 Å². The van der Waals surface area contributed by atoms with Gasteiger partial charge >= 0.3 is 5.97 Å². The van der Waals surface area contributed by atoms with Gasteiger partial charge in [-0.2, -0.15) is 0 Å². The maximum absolute atomic E-state index is 11.4. The van der Waals surface area contributed by atoms with E-state index >= 15 is 0 Å². The molecule has 0 bridgehead atoms. The van der Waals surface area contributed by atoms with Gasteiger partial charge in [0.2, 0.25) is 5.91 Å². The van der Waals surface area contributed by atoms with Crippen molar-refractivity contribution in [3.63, 3.8) is 0 Å². The van der Waals surface area contributed by atoms with Crippen molar-refractivity contribution >= 4 is 11.9 Å². The first-order valence-corrected chi connectivity index (χ1v) is 5.73. The van der Waals surface area contributed by atoms with E-state index in [1.807, 2.05) is 6.92 Å². The summed E-state index contributed by atoms with van der Waals surface area (Å²) in [4.78, 5) is 22.7.